The molecule has 3 atom stereocenters. The largest absolute Gasteiger partial charge is 0.411 e. The molecule has 0 unspecified atom stereocenters. The van der Waals surface area contributed by atoms with Crippen molar-refractivity contribution in [2.45, 2.75) is 57.5 Å². The van der Waals surface area contributed by atoms with Crippen LogP contribution in [0.3, 0.4) is 0 Å². The van der Waals surface area contributed by atoms with Gasteiger partial charge in [0.15, 0.2) is 8.32 Å². The van der Waals surface area contributed by atoms with E-state index >= 15 is 0 Å². The van der Waals surface area contributed by atoms with Crippen molar-refractivity contribution in [3.05, 3.63) is 0 Å². The third kappa shape index (κ3) is 3.89. The molecule has 1 saturated carbocycles. The van der Waals surface area contributed by atoms with Gasteiger partial charge in [-0.05, 0) is 18.1 Å². The minimum absolute atomic E-state index is 0.0114. The third-order valence-electron chi connectivity index (χ3n) is 4.41. The molecule has 1 aliphatic carbocycles. The molecule has 0 spiro atoms. The quantitative estimate of drug-likeness (QED) is 0.600. The number of carbonyl (C=O) groups excluding carboxylic acids is 1. The lowest BCUT2D eigenvalue weighted by Gasteiger charge is -2.39. The van der Waals surface area contributed by atoms with Crippen LogP contribution in [0, 0.1) is 5.92 Å². The molecule has 0 aromatic rings. The van der Waals surface area contributed by atoms with Crippen LogP contribution in [0.1, 0.15) is 27.2 Å². The number of aliphatic hydroxyl groups excluding tert-OH is 1. The number of ketones is 1. The Morgan fingerprint density at radius 1 is 1.35 bits per heavy atom. The van der Waals surface area contributed by atoms with Crippen molar-refractivity contribution in [1.29, 1.82) is 0 Å². The molecule has 0 saturated heterocycles. The predicted octanol–water partition coefficient (Wildman–Crippen LogP) is 1.95. The SMILES string of the molecule is COCO[C@@H]1[C@H](O[Si](C)(C)C(C)(C)C)CC(=O)[C@@H]1CO. The van der Waals surface area contributed by atoms with Crippen molar-refractivity contribution in [3.8, 4) is 0 Å². The number of ether oxygens (including phenoxy) is 2. The number of Topliss-reactive ketones (excluding diaryl/α,β-unsaturated/α-hetero) is 1. The van der Waals surface area contributed by atoms with Crippen LogP contribution in [-0.2, 0) is 18.7 Å². The summed E-state index contributed by atoms with van der Waals surface area (Å²) in [5.41, 5.74) is 0. The van der Waals surface area contributed by atoms with E-state index in [9.17, 15) is 9.90 Å². The Morgan fingerprint density at radius 3 is 2.40 bits per heavy atom. The van der Waals surface area contributed by atoms with Gasteiger partial charge in [-0.3, -0.25) is 4.79 Å². The number of hydrogen-bond donors (Lipinski definition) is 1. The van der Waals surface area contributed by atoms with Crippen LogP contribution in [-0.4, -0.2) is 51.9 Å². The van der Waals surface area contributed by atoms with Gasteiger partial charge in [0.05, 0.1) is 24.7 Å². The van der Waals surface area contributed by atoms with Gasteiger partial charge in [0.25, 0.3) is 0 Å². The maximum Gasteiger partial charge on any atom is 0.192 e. The summed E-state index contributed by atoms with van der Waals surface area (Å²) in [6.45, 7) is 10.7. The maximum absolute atomic E-state index is 12.0. The maximum atomic E-state index is 12.0. The molecule has 1 aliphatic rings. The van der Waals surface area contributed by atoms with Crippen molar-refractivity contribution < 1.29 is 23.8 Å². The summed E-state index contributed by atoms with van der Waals surface area (Å²) in [6.07, 6.45) is -0.385. The summed E-state index contributed by atoms with van der Waals surface area (Å²) in [7, 11) is -0.441. The van der Waals surface area contributed by atoms with Crippen LogP contribution in [0.25, 0.3) is 0 Å². The van der Waals surface area contributed by atoms with E-state index in [0.29, 0.717) is 6.42 Å². The molecule has 6 heteroatoms. The summed E-state index contributed by atoms with van der Waals surface area (Å²) in [4.78, 5) is 12.0. The van der Waals surface area contributed by atoms with E-state index in [1.807, 2.05) is 0 Å². The summed E-state index contributed by atoms with van der Waals surface area (Å²) in [5.74, 6) is -0.489. The molecule has 5 nitrogen and oxygen atoms in total. The minimum atomic E-state index is -1.98. The molecule has 0 aromatic heterocycles. The fourth-order valence-corrected chi connectivity index (χ4v) is 3.48. The van der Waals surface area contributed by atoms with Gasteiger partial charge in [-0.15, -0.1) is 0 Å². The Bertz CT molecular complexity index is 337. The Hall–Kier alpha value is -0.273. The van der Waals surface area contributed by atoms with Crippen molar-refractivity contribution in [2.75, 3.05) is 20.5 Å². The third-order valence-corrected chi connectivity index (χ3v) is 8.91. The minimum Gasteiger partial charge on any atom is -0.411 e. The lowest BCUT2D eigenvalue weighted by atomic mass is 10.1. The van der Waals surface area contributed by atoms with Gasteiger partial charge in [-0.1, -0.05) is 20.8 Å². The van der Waals surface area contributed by atoms with E-state index in [2.05, 4.69) is 33.9 Å². The highest BCUT2D eigenvalue weighted by atomic mass is 28.4. The molecule has 118 valence electrons. The number of rotatable bonds is 6. The van der Waals surface area contributed by atoms with Gasteiger partial charge >= 0.3 is 0 Å². The number of methoxy groups -OCH3 is 1. The second-order valence-corrected chi connectivity index (χ2v) is 11.7. The molecular weight excluding hydrogens is 276 g/mol. The molecule has 20 heavy (non-hydrogen) atoms. The average Bonchev–Trinajstić information content (AvgIpc) is 2.59. The lowest BCUT2D eigenvalue weighted by Crippen LogP contribution is -2.47. The van der Waals surface area contributed by atoms with Crippen molar-refractivity contribution >= 4 is 14.1 Å². The highest BCUT2D eigenvalue weighted by Crippen LogP contribution is 2.40. The van der Waals surface area contributed by atoms with E-state index in [1.165, 1.54) is 7.11 Å². The first-order valence-electron chi connectivity index (χ1n) is 7.06. The number of hydrogen-bond acceptors (Lipinski definition) is 5. The standard InChI is InChI=1S/C14H28O5Si/c1-14(2,3)20(5,6)19-12-7-11(16)10(8-15)13(12)18-9-17-4/h10,12-13,15H,7-9H2,1-6H3/t10-,12+,13-/m0/s1. The fraction of sp³-hybridized carbons (Fsp3) is 0.929. The zero-order valence-corrected chi connectivity index (χ0v) is 14.4. The fourth-order valence-electron chi connectivity index (χ4n) is 2.15. The molecule has 0 bridgehead atoms. The molecule has 0 amide bonds. The van der Waals surface area contributed by atoms with Gasteiger partial charge in [-0.25, -0.2) is 0 Å². The first kappa shape index (κ1) is 17.8. The van der Waals surface area contributed by atoms with Crippen molar-refractivity contribution in [3.63, 3.8) is 0 Å². The van der Waals surface area contributed by atoms with Gasteiger partial charge in [0.2, 0.25) is 0 Å². The summed E-state index contributed by atoms with van der Waals surface area (Å²) < 4.78 is 16.8. The Morgan fingerprint density at radius 2 is 1.95 bits per heavy atom. The van der Waals surface area contributed by atoms with Crippen LogP contribution < -0.4 is 0 Å². The van der Waals surface area contributed by atoms with Gasteiger partial charge in [-0.2, -0.15) is 0 Å². The first-order valence-corrected chi connectivity index (χ1v) is 9.97. The van der Waals surface area contributed by atoms with Crippen LogP contribution in [0.15, 0.2) is 0 Å². The van der Waals surface area contributed by atoms with E-state index in [-0.39, 0.29) is 30.3 Å². The zero-order chi connectivity index (χ0) is 15.6. The molecule has 1 fully saturated rings. The molecule has 0 heterocycles. The second kappa shape index (κ2) is 6.66. The van der Waals surface area contributed by atoms with Crippen LogP contribution in [0.4, 0.5) is 0 Å². The smallest absolute Gasteiger partial charge is 0.192 e. The van der Waals surface area contributed by atoms with E-state index in [4.69, 9.17) is 13.9 Å². The Kier molecular flexibility index (Phi) is 5.92. The van der Waals surface area contributed by atoms with Crippen molar-refractivity contribution in [2.24, 2.45) is 5.92 Å². The topological polar surface area (TPSA) is 65.0 Å². The van der Waals surface area contributed by atoms with E-state index < -0.39 is 20.3 Å². The van der Waals surface area contributed by atoms with Gasteiger partial charge in [0, 0.05) is 13.5 Å². The predicted molar refractivity (Wildman–Crippen MR) is 79.0 cm³/mol. The second-order valence-electron chi connectivity index (χ2n) is 6.91. The summed E-state index contributed by atoms with van der Waals surface area (Å²) >= 11 is 0. The van der Waals surface area contributed by atoms with Crippen LogP contribution in [0.5, 0.6) is 0 Å². The van der Waals surface area contributed by atoms with Gasteiger partial charge in [0.1, 0.15) is 12.6 Å². The molecular formula is C14H28O5Si. The highest BCUT2D eigenvalue weighted by Gasteiger charge is 2.48. The molecule has 0 aliphatic heterocycles. The molecule has 0 radical (unpaired) electrons. The van der Waals surface area contributed by atoms with Gasteiger partial charge < -0.3 is 19.0 Å². The first-order chi connectivity index (χ1) is 9.14. The normalized spacial score (nSPS) is 28.1. The average molecular weight is 304 g/mol. The zero-order valence-electron chi connectivity index (χ0n) is 13.4. The Labute approximate surface area is 122 Å². The van der Waals surface area contributed by atoms with Crippen molar-refractivity contribution in [1.82, 2.24) is 0 Å². The molecule has 1 rings (SSSR count). The van der Waals surface area contributed by atoms with Crippen LogP contribution >= 0.6 is 0 Å². The van der Waals surface area contributed by atoms with E-state index in [1.54, 1.807) is 0 Å². The lowest BCUT2D eigenvalue weighted by molar-refractivity contribution is -0.132. The molecule has 1 N–H and O–H groups in total. The number of aliphatic hydroxyl groups is 1. The number of carbonyl (C=O) groups is 1. The van der Waals surface area contributed by atoms with E-state index in [0.717, 1.165) is 0 Å². The van der Waals surface area contributed by atoms with Crippen LogP contribution in [0.2, 0.25) is 18.1 Å². The highest BCUT2D eigenvalue weighted by molar-refractivity contribution is 6.74. The monoisotopic (exact) mass is 304 g/mol. The molecule has 0 aromatic carbocycles. The summed E-state index contributed by atoms with van der Waals surface area (Å²) in [6, 6.07) is 0. The Balaban J connectivity index is 2.84. The summed E-state index contributed by atoms with van der Waals surface area (Å²) in [5, 5.41) is 9.46.